The molecule has 1 unspecified atom stereocenters. The van der Waals surface area contributed by atoms with Crippen molar-refractivity contribution >= 4 is 15.7 Å². The maximum atomic E-state index is 12.5. The number of nitrogens with zero attached hydrogens (tertiary/aromatic N) is 1. The lowest BCUT2D eigenvalue weighted by atomic mass is 10.1. The highest BCUT2D eigenvalue weighted by atomic mass is 32.2. The van der Waals surface area contributed by atoms with Gasteiger partial charge in [0.25, 0.3) is 0 Å². The quantitative estimate of drug-likeness (QED) is 0.733. The molecule has 0 aliphatic carbocycles. The molecule has 140 valence electrons. The Morgan fingerprint density at radius 3 is 2.64 bits per heavy atom. The molecule has 2 rings (SSSR count). The first-order chi connectivity index (χ1) is 11.9. The van der Waals surface area contributed by atoms with E-state index in [4.69, 9.17) is 9.47 Å². The summed E-state index contributed by atoms with van der Waals surface area (Å²) in [5.41, 5.74) is 0. The predicted molar refractivity (Wildman–Crippen MR) is 94.8 cm³/mol. The zero-order chi connectivity index (χ0) is 18.4. The van der Waals surface area contributed by atoms with Gasteiger partial charge in [-0.15, -0.1) is 0 Å². The second-order valence-corrected chi connectivity index (χ2v) is 8.25. The zero-order valence-corrected chi connectivity index (χ0v) is 15.8. The van der Waals surface area contributed by atoms with Gasteiger partial charge in [-0.2, -0.15) is 0 Å². The molecule has 0 aromatic heterocycles. The Hall–Kier alpha value is -1.80. The van der Waals surface area contributed by atoms with Crippen LogP contribution in [0.2, 0.25) is 0 Å². The summed E-state index contributed by atoms with van der Waals surface area (Å²) in [5.74, 6) is 0.933. The van der Waals surface area contributed by atoms with Crippen molar-refractivity contribution in [3.63, 3.8) is 0 Å². The summed E-state index contributed by atoms with van der Waals surface area (Å²) in [7, 11) is 1.27. The number of carbonyl (C=O) groups excluding carboxylic acids is 1. The molecule has 0 spiro atoms. The first kappa shape index (κ1) is 19.5. The minimum absolute atomic E-state index is 0.0110. The monoisotopic (exact) mass is 370 g/mol. The predicted octanol–water partition coefficient (Wildman–Crippen LogP) is 0.936. The number of ether oxygens (including phenoxy) is 2. The number of nitrogens with one attached hydrogen (secondary N) is 1. The van der Waals surface area contributed by atoms with E-state index in [-0.39, 0.29) is 23.0 Å². The molecule has 1 aromatic carbocycles. The fourth-order valence-electron chi connectivity index (χ4n) is 3.02. The third-order valence-electron chi connectivity index (χ3n) is 4.43. The number of hydrogen-bond donors (Lipinski definition) is 1. The highest BCUT2D eigenvalue weighted by molar-refractivity contribution is 7.91. The van der Waals surface area contributed by atoms with Crippen molar-refractivity contribution in [2.75, 3.05) is 46.7 Å². The third-order valence-corrected chi connectivity index (χ3v) is 6.14. The summed E-state index contributed by atoms with van der Waals surface area (Å²) in [6.45, 7) is 2.26. The Morgan fingerprint density at radius 1 is 1.28 bits per heavy atom. The maximum Gasteiger partial charge on any atom is 0.223 e. The molecule has 1 aliphatic heterocycles. The Labute approximate surface area is 149 Å². The summed E-state index contributed by atoms with van der Waals surface area (Å²) in [4.78, 5) is 14.2. The van der Waals surface area contributed by atoms with Crippen LogP contribution in [-0.4, -0.2) is 65.9 Å². The molecule has 1 heterocycles. The van der Waals surface area contributed by atoms with Crippen molar-refractivity contribution in [2.24, 2.45) is 5.92 Å². The number of likely N-dealkylation sites (tertiary alicyclic amines) is 1. The Balaban J connectivity index is 1.98. The van der Waals surface area contributed by atoms with E-state index in [2.05, 4.69) is 5.32 Å². The highest BCUT2D eigenvalue weighted by Crippen LogP contribution is 2.30. The van der Waals surface area contributed by atoms with Crippen LogP contribution in [0.3, 0.4) is 0 Å². The van der Waals surface area contributed by atoms with E-state index < -0.39 is 9.84 Å². The molecule has 25 heavy (non-hydrogen) atoms. The number of sulfone groups is 1. The third kappa shape index (κ3) is 4.85. The summed E-state index contributed by atoms with van der Waals surface area (Å²) in [5, 5.41) is 3.11. The molecule has 1 amide bonds. The van der Waals surface area contributed by atoms with E-state index in [9.17, 15) is 13.2 Å². The van der Waals surface area contributed by atoms with Crippen LogP contribution < -0.4 is 14.8 Å². The maximum absolute atomic E-state index is 12.5. The van der Waals surface area contributed by atoms with Gasteiger partial charge in [0, 0.05) is 25.6 Å². The number of benzene rings is 1. The molecular weight excluding hydrogens is 344 g/mol. The smallest absolute Gasteiger partial charge is 0.223 e. The lowest BCUT2D eigenvalue weighted by molar-refractivity contribution is -0.129. The van der Waals surface area contributed by atoms with Crippen LogP contribution in [0.1, 0.15) is 12.8 Å². The first-order valence-corrected chi connectivity index (χ1v) is 9.93. The van der Waals surface area contributed by atoms with Gasteiger partial charge in [0.1, 0.15) is 0 Å². The van der Waals surface area contributed by atoms with Gasteiger partial charge in [-0.25, -0.2) is 8.42 Å². The number of rotatable bonds is 8. The fraction of sp³-hybridized carbons (Fsp3) is 0.588. The van der Waals surface area contributed by atoms with Crippen LogP contribution in [0.25, 0.3) is 0 Å². The van der Waals surface area contributed by atoms with Gasteiger partial charge in [0.05, 0.1) is 24.9 Å². The summed E-state index contributed by atoms with van der Waals surface area (Å²) in [6, 6.07) is 4.45. The van der Waals surface area contributed by atoms with Crippen LogP contribution in [0, 0.1) is 5.92 Å². The largest absolute Gasteiger partial charge is 0.493 e. The van der Waals surface area contributed by atoms with Crippen LogP contribution in [0.5, 0.6) is 11.5 Å². The fourth-order valence-corrected chi connectivity index (χ4v) is 4.26. The molecule has 1 aromatic rings. The summed E-state index contributed by atoms with van der Waals surface area (Å²) >= 11 is 0. The summed E-state index contributed by atoms with van der Waals surface area (Å²) < 4.78 is 35.3. The second-order valence-electron chi connectivity index (χ2n) is 6.14. The average Bonchev–Trinajstić information content (AvgIpc) is 3.08. The van der Waals surface area contributed by atoms with Crippen LogP contribution in [-0.2, 0) is 14.6 Å². The summed E-state index contributed by atoms with van der Waals surface area (Å²) in [6.07, 6.45) is 0.942. The average molecular weight is 370 g/mol. The van der Waals surface area contributed by atoms with Gasteiger partial charge in [-0.1, -0.05) is 0 Å². The van der Waals surface area contributed by atoms with E-state index in [1.54, 1.807) is 11.0 Å². The topological polar surface area (TPSA) is 84.9 Å². The molecule has 1 aliphatic rings. The molecule has 1 atom stereocenters. The number of hydrogen-bond acceptors (Lipinski definition) is 6. The van der Waals surface area contributed by atoms with Gasteiger partial charge in [0.2, 0.25) is 5.91 Å². The lowest BCUT2D eigenvalue weighted by Gasteiger charge is -2.16. The van der Waals surface area contributed by atoms with E-state index in [1.807, 2.05) is 7.05 Å². The lowest BCUT2D eigenvalue weighted by Crippen LogP contribution is -2.31. The molecule has 0 bridgehead atoms. The van der Waals surface area contributed by atoms with Crippen molar-refractivity contribution in [3.05, 3.63) is 18.2 Å². The second kappa shape index (κ2) is 8.53. The molecule has 0 saturated carbocycles. The number of carbonyl (C=O) groups is 1. The molecule has 1 saturated heterocycles. The van der Waals surface area contributed by atoms with Crippen LogP contribution in [0.15, 0.2) is 23.1 Å². The van der Waals surface area contributed by atoms with E-state index in [0.29, 0.717) is 30.5 Å². The Bertz CT molecular complexity index is 705. The van der Waals surface area contributed by atoms with Gasteiger partial charge in [0.15, 0.2) is 21.3 Å². The Morgan fingerprint density at radius 2 is 2.00 bits per heavy atom. The highest BCUT2D eigenvalue weighted by Gasteiger charge is 2.27. The van der Waals surface area contributed by atoms with Crippen LogP contribution in [0.4, 0.5) is 0 Å². The van der Waals surface area contributed by atoms with E-state index >= 15 is 0 Å². The molecule has 0 radical (unpaired) electrons. The minimum Gasteiger partial charge on any atom is -0.493 e. The van der Waals surface area contributed by atoms with E-state index in [1.165, 1.54) is 26.4 Å². The number of amides is 1. The molecule has 1 N–H and O–H groups in total. The van der Waals surface area contributed by atoms with E-state index in [0.717, 1.165) is 13.0 Å². The first-order valence-electron chi connectivity index (χ1n) is 8.28. The SMILES string of the molecule is CNCC1CCN(C(=O)CCS(=O)(=O)c2ccc(OC)c(OC)c2)C1. The molecule has 7 nitrogen and oxygen atoms in total. The van der Waals surface area contributed by atoms with Crippen LogP contribution >= 0.6 is 0 Å². The van der Waals surface area contributed by atoms with Gasteiger partial charge >= 0.3 is 0 Å². The van der Waals surface area contributed by atoms with Crippen molar-refractivity contribution in [1.29, 1.82) is 0 Å². The minimum atomic E-state index is -3.56. The number of methoxy groups -OCH3 is 2. The van der Waals surface area contributed by atoms with Gasteiger partial charge < -0.3 is 19.7 Å². The van der Waals surface area contributed by atoms with Crippen molar-refractivity contribution < 1.29 is 22.7 Å². The normalized spacial score (nSPS) is 17.6. The van der Waals surface area contributed by atoms with Crippen molar-refractivity contribution in [1.82, 2.24) is 10.2 Å². The molecular formula is C17H26N2O5S. The molecule has 8 heteroatoms. The standard InChI is InChI=1S/C17H26N2O5S/c1-18-11-13-6-8-19(12-13)17(20)7-9-25(21,22)14-4-5-15(23-2)16(10-14)24-3/h4-5,10,13,18H,6-9,11-12H2,1-3H3. The van der Waals surface area contributed by atoms with Crippen molar-refractivity contribution in [3.8, 4) is 11.5 Å². The van der Waals surface area contributed by atoms with Gasteiger partial charge in [-0.05, 0) is 38.1 Å². The Kier molecular flexibility index (Phi) is 6.66. The molecule has 1 fully saturated rings. The zero-order valence-electron chi connectivity index (χ0n) is 14.9. The van der Waals surface area contributed by atoms with Gasteiger partial charge in [-0.3, -0.25) is 4.79 Å². The van der Waals surface area contributed by atoms with Crippen molar-refractivity contribution in [2.45, 2.75) is 17.7 Å².